The van der Waals surface area contributed by atoms with Crippen LogP contribution in [0.4, 0.5) is 5.82 Å². The molecule has 0 bridgehead atoms. The molecule has 0 saturated carbocycles. The van der Waals surface area contributed by atoms with Crippen LogP contribution in [0.2, 0.25) is 0 Å². The van der Waals surface area contributed by atoms with Crippen LogP contribution < -0.4 is 11.1 Å². The minimum Gasteiger partial charge on any atom is -0.370 e. The summed E-state index contributed by atoms with van der Waals surface area (Å²) in [5.74, 6) is 1.60. The summed E-state index contributed by atoms with van der Waals surface area (Å²) in [6.07, 6.45) is 1.07. The van der Waals surface area contributed by atoms with E-state index in [1.54, 1.807) is 0 Å². The largest absolute Gasteiger partial charge is 0.370 e. The first-order chi connectivity index (χ1) is 6.72. The number of hydrogen-bond donors (Lipinski definition) is 2. The molecule has 0 aromatic carbocycles. The molecule has 2 rings (SSSR count). The predicted octanol–water partition coefficient (Wildman–Crippen LogP) is 1.32. The minimum atomic E-state index is 0.374. The Morgan fingerprint density at radius 3 is 3.14 bits per heavy atom. The molecule has 2 heterocycles. The smallest absolute Gasteiger partial charge is 0.124 e. The Labute approximate surface area is 84.5 Å². The molecule has 4 nitrogen and oxygen atoms in total. The SMILES string of the molecule is CC(C)c1cc2n(n1)C(CN)CCN2. The molecular weight excluding hydrogens is 176 g/mol. The summed E-state index contributed by atoms with van der Waals surface area (Å²) in [4.78, 5) is 0. The normalized spacial score (nSPS) is 20.7. The van der Waals surface area contributed by atoms with E-state index in [0.29, 0.717) is 18.5 Å². The standard InChI is InChI=1S/C10H18N4/c1-7(2)9-5-10-12-4-3-8(6-11)14(10)13-9/h5,7-8,12H,3-4,6,11H2,1-2H3. The topological polar surface area (TPSA) is 55.9 Å². The van der Waals surface area contributed by atoms with Gasteiger partial charge in [-0.3, -0.25) is 0 Å². The molecule has 78 valence electrons. The number of nitrogens with two attached hydrogens (primary N) is 1. The fraction of sp³-hybridized carbons (Fsp3) is 0.700. The maximum absolute atomic E-state index is 5.71. The van der Waals surface area contributed by atoms with E-state index in [1.807, 2.05) is 4.68 Å². The Morgan fingerprint density at radius 2 is 2.50 bits per heavy atom. The van der Waals surface area contributed by atoms with Crippen molar-refractivity contribution in [3.63, 3.8) is 0 Å². The average molecular weight is 194 g/mol. The van der Waals surface area contributed by atoms with Crippen molar-refractivity contribution in [3.05, 3.63) is 11.8 Å². The molecule has 0 radical (unpaired) electrons. The van der Waals surface area contributed by atoms with Crippen LogP contribution in [0.1, 0.15) is 37.9 Å². The zero-order chi connectivity index (χ0) is 10.1. The quantitative estimate of drug-likeness (QED) is 0.746. The third kappa shape index (κ3) is 1.50. The van der Waals surface area contributed by atoms with Gasteiger partial charge < -0.3 is 11.1 Å². The maximum Gasteiger partial charge on any atom is 0.124 e. The third-order valence-corrected chi connectivity index (χ3v) is 2.75. The summed E-state index contributed by atoms with van der Waals surface area (Å²) in [6.45, 7) is 6.00. The van der Waals surface area contributed by atoms with Gasteiger partial charge in [0.05, 0.1) is 11.7 Å². The number of aromatic nitrogens is 2. The zero-order valence-corrected chi connectivity index (χ0v) is 8.83. The van der Waals surface area contributed by atoms with Crippen molar-refractivity contribution in [2.45, 2.75) is 32.2 Å². The van der Waals surface area contributed by atoms with Gasteiger partial charge in [0.25, 0.3) is 0 Å². The number of nitrogens with zero attached hydrogens (tertiary/aromatic N) is 2. The van der Waals surface area contributed by atoms with Gasteiger partial charge in [-0.15, -0.1) is 0 Å². The summed E-state index contributed by atoms with van der Waals surface area (Å²) in [5, 5.41) is 7.92. The van der Waals surface area contributed by atoms with Crippen molar-refractivity contribution in [3.8, 4) is 0 Å². The molecule has 0 saturated heterocycles. The lowest BCUT2D eigenvalue weighted by molar-refractivity contribution is 0.424. The second kappa shape index (κ2) is 3.61. The highest BCUT2D eigenvalue weighted by molar-refractivity contribution is 5.40. The lowest BCUT2D eigenvalue weighted by atomic mass is 10.1. The Balaban J connectivity index is 2.33. The van der Waals surface area contributed by atoms with Gasteiger partial charge in [0.2, 0.25) is 0 Å². The monoisotopic (exact) mass is 194 g/mol. The van der Waals surface area contributed by atoms with E-state index in [9.17, 15) is 0 Å². The zero-order valence-electron chi connectivity index (χ0n) is 8.83. The van der Waals surface area contributed by atoms with Crippen molar-refractivity contribution in [2.75, 3.05) is 18.4 Å². The molecule has 1 aliphatic heterocycles. The number of hydrogen-bond acceptors (Lipinski definition) is 3. The minimum absolute atomic E-state index is 0.374. The van der Waals surface area contributed by atoms with Crippen LogP contribution in [0.5, 0.6) is 0 Å². The number of fused-ring (bicyclic) bond motifs is 1. The Bertz CT molecular complexity index is 316. The number of anilines is 1. The van der Waals surface area contributed by atoms with Gasteiger partial charge in [-0.05, 0) is 12.3 Å². The molecule has 0 fully saturated rings. The molecule has 1 unspecified atom stereocenters. The van der Waals surface area contributed by atoms with Crippen LogP contribution in [0, 0.1) is 0 Å². The van der Waals surface area contributed by atoms with Gasteiger partial charge >= 0.3 is 0 Å². The lowest BCUT2D eigenvalue weighted by Gasteiger charge is -2.24. The van der Waals surface area contributed by atoms with Gasteiger partial charge in [-0.25, -0.2) is 4.68 Å². The van der Waals surface area contributed by atoms with Gasteiger partial charge in [0, 0.05) is 19.2 Å². The van der Waals surface area contributed by atoms with E-state index in [0.717, 1.165) is 24.5 Å². The van der Waals surface area contributed by atoms with Gasteiger partial charge in [0.1, 0.15) is 5.82 Å². The van der Waals surface area contributed by atoms with E-state index in [1.165, 1.54) is 0 Å². The number of nitrogens with one attached hydrogen (secondary N) is 1. The Hall–Kier alpha value is -1.03. The van der Waals surface area contributed by atoms with Crippen LogP contribution in [-0.2, 0) is 0 Å². The van der Waals surface area contributed by atoms with Gasteiger partial charge in [-0.2, -0.15) is 5.10 Å². The molecule has 4 heteroatoms. The molecule has 1 aliphatic rings. The van der Waals surface area contributed by atoms with E-state index in [-0.39, 0.29) is 0 Å². The predicted molar refractivity (Wildman–Crippen MR) is 57.5 cm³/mol. The maximum atomic E-state index is 5.71. The highest BCUT2D eigenvalue weighted by Crippen LogP contribution is 2.26. The van der Waals surface area contributed by atoms with Crippen molar-refractivity contribution < 1.29 is 0 Å². The second-order valence-corrected chi connectivity index (χ2v) is 4.16. The summed E-state index contributed by atoms with van der Waals surface area (Å²) < 4.78 is 2.04. The van der Waals surface area contributed by atoms with Crippen LogP contribution in [0.3, 0.4) is 0 Å². The van der Waals surface area contributed by atoms with Crippen LogP contribution in [-0.4, -0.2) is 22.9 Å². The van der Waals surface area contributed by atoms with Crippen LogP contribution in [0.25, 0.3) is 0 Å². The average Bonchev–Trinajstić information content (AvgIpc) is 2.60. The lowest BCUT2D eigenvalue weighted by Crippen LogP contribution is -2.28. The molecule has 0 spiro atoms. The van der Waals surface area contributed by atoms with E-state index < -0.39 is 0 Å². The summed E-state index contributed by atoms with van der Waals surface area (Å²) in [6, 6.07) is 2.51. The Kier molecular flexibility index (Phi) is 2.46. The van der Waals surface area contributed by atoms with Crippen LogP contribution in [0.15, 0.2) is 6.07 Å². The first kappa shape index (κ1) is 9.52. The van der Waals surface area contributed by atoms with Crippen molar-refractivity contribution in [1.29, 1.82) is 0 Å². The molecule has 14 heavy (non-hydrogen) atoms. The van der Waals surface area contributed by atoms with Crippen LogP contribution >= 0.6 is 0 Å². The second-order valence-electron chi connectivity index (χ2n) is 4.16. The summed E-state index contributed by atoms with van der Waals surface area (Å²) >= 11 is 0. The van der Waals surface area contributed by atoms with E-state index in [4.69, 9.17) is 5.73 Å². The fourth-order valence-corrected chi connectivity index (χ4v) is 1.81. The molecule has 1 aromatic heterocycles. The van der Waals surface area contributed by atoms with Crippen molar-refractivity contribution in [2.24, 2.45) is 5.73 Å². The number of rotatable bonds is 2. The first-order valence-electron chi connectivity index (χ1n) is 5.25. The van der Waals surface area contributed by atoms with E-state index >= 15 is 0 Å². The van der Waals surface area contributed by atoms with Crippen molar-refractivity contribution >= 4 is 5.82 Å². The fourth-order valence-electron chi connectivity index (χ4n) is 1.81. The molecule has 3 N–H and O–H groups in total. The Morgan fingerprint density at radius 1 is 1.71 bits per heavy atom. The summed E-state index contributed by atoms with van der Waals surface area (Å²) in [7, 11) is 0. The molecule has 1 aromatic rings. The van der Waals surface area contributed by atoms with Gasteiger partial charge in [-0.1, -0.05) is 13.8 Å². The van der Waals surface area contributed by atoms with Gasteiger partial charge in [0.15, 0.2) is 0 Å². The summed E-state index contributed by atoms with van der Waals surface area (Å²) in [5.41, 5.74) is 6.86. The van der Waals surface area contributed by atoms with E-state index in [2.05, 4.69) is 30.3 Å². The molecule has 1 atom stereocenters. The molecule has 0 amide bonds. The first-order valence-corrected chi connectivity index (χ1v) is 5.25. The molecular formula is C10H18N4. The third-order valence-electron chi connectivity index (χ3n) is 2.75. The highest BCUT2D eigenvalue weighted by atomic mass is 15.4. The highest BCUT2D eigenvalue weighted by Gasteiger charge is 2.20. The molecule has 0 aliphatic carbocycles. The van der Waals surface area contributed by atoms with Crippen molar-refractivity contribution in [1.82, 2.24) is 9.78 Å².